The van der Waals surface area contributed by atoms with Crippen LogP contribution in [0.1, 0.15) is 66.9 Å². The zero-order valence-corrected chi connectivity index (χ0v) is 21.5. The van der Waals surface area contributed by atoms with Gasteiger partial charge in [0.15, 0.2) is 17.4 Å². The summed E-state index contributed by atoms with van der Waals surface area (Å²) in [6.45, 7) is 12.0. The van der Waals surface area contributed by atoms with Gasteiger partial charge in [0, 0.05) is 13.0 Å². The van der Waals surface area contributed by atoms with Crippen molar-refractivity contribution in [3.05, 3.63) is 59.7 Å². The van der Waals surface area contributed by atoms with Crippen molar-refractivity contribution in [2.45, 2.75) is 85.5 Å². The minimum absolute atomic E-state index is 0. The molecule has 0 spiro atoms. The Bertz CT molecular complexity index is 768. The van der Waals surface area contributed by atoms with Crippen LogP contribution in [0.15, 0.2) is 48.5 Å². The van der Waals surface area contributed by atoms with Crippen LogP contribution in [0.4, 0.5) is 0 Å². The van der Waals surface area contributed by atoms with Crippen molar-refractivity contribution in [1.82, 2.24) is 0 Å². The van der Waals surface area contributed by atoms with Crippen molar-refractivity contribution in [2.24, 2.45) is 0 Å². The summed E-state index contributed by atoms with van der Waals surface area (Å²) in [6.07, 6.45) is 3.23. The van der Waals surface area contributed by atoms with Crippen LogP contribution in [0.25, 0.3) is 0 Å². The Kier molecular flexibility index (Phi) is 20.3. The number of carbonyl (C=O) groups excluding carboxylic acids is 1. The molecule has 7 heteroatoms. The minimum Gasteiger partial charge on any atom is -1.00 e. The molecule has 2 rings (SSSR count). The van der Waals surface area contributed by atoms with Gasteiger partial charge < -0.3 is 20.7 Å². The van der Waals surface area contributed by atoms with Crippen molar-refractivity contribution < 1.29 is 44.4 Å². The summed E-state index contributed by atoms with van der Waals surface area (Å²) in [5, 5.41) is 8.68. The molecule has 0 amide bonds. The molecule has 5 nitrogen and oxygen atoms in total. The van der Waals surface area contributed by atoms with Crippen molar-refractivity contribution >= 4 is 23.3 Å². The third kappa shape index (κ3) is 17.1. The molecule has 0 aliphatic carbocycles. The van der Waals surface area contributed by atoms with E-state index in [9.17, 15) is 4.79 Å². The SMILES string of the molecule is CC(C)OC(=O)CCc1ccc(OC(C)C)cc1.CC(C)Oc1ccc(CCCO)cc1.[AlH3].[H-].[Li+]. The molecule has 0 saturated heterocycles. The van der Waals surface area contributed by atoms with Crippen LogP contribution in [-0.2, 0) is 22.4 Å². The van der Waals surface area contributed by atoms with Crippen LogP contribution in [0.3, 0.4) is 0 Å². The zero-order chi connectivity index (χ0) is 23.9. The van der Waals surface area contributed by atoms with Gasteiger partial charge in [-0.3, -0.25) is 4.79 Å². The number of carbonyl (C=O) groups is 1. The second kappa shape index (κ2) is 19.9. The number of ether oxygens (including phenoxy) is 3. The molecule has 0 atom stereocenters. The average molecular weight is 483 g/mol. The van der Waals surface area contributed by atoms with E-state index in [1.807, 2.05) is 90.1 Å². The average Bonchev–Trinajstić information content (AvgIpc) is 2.72. The van der Waals surface area contributed by atoms with Gasteiger partial charge in [-0.05, 0) is 96.2 Å². The normalized spacial score (nSPS) is 10.1. The van der Waals surface area contributed by atoms with E-state index in [1.54, 1.807) is 0 Å². The number of aliphatic hydroxyl groups excluding tert-OH is 1. The first kappa shape index (κ1) is 34.8. The Morgan fingerprint density at radius 2 is 1.18 bits per heavy atom. The second-order valence-electron chi connectivity index (χ2n) is 8.49. The molecule has 0 unspecified atom stereocenters. The summed E-state index contributed by atoms with van der Waals surface area (Å²) in [5.74, 6) is 1.62. The Balaban J connectivity index is -0.000000552. The predicted molar refractivity (Wildman–Crippen MR) is 140 cm³/mol. The molecule has 0 aliphatic rings. The summed E-state index contributed by atoms with van der Waals surface area (Å²) < 4.78 is 16.2. The molecule has 186 valence electrons. The quantitative estimate of drug-likeness (QED) is 0.390. The van der Waals surface area contributed by atoms with Gasteiger partial charge in [-0.15, -0.1) is 0 Å². The van der Waals surface area contributed by atoms with Gasteiger partial charge in [0.25, 0.3) is 0 Å². The summed E-state index contributed by atoms with van der Waals surface area (Å²) in [6, 6.07) is 15.9. The third-order valence-corrected chi connectivity index (χ3v) is 4.20. The van der Waals surface area contributed by atoms with E-state index < -0.39 is 0 Å². The molecule has 34 heavy (non-hydrogen) atoms. The van der Waals surface area contributed by atoms with E-state index >= 15 is 0 Å². The van der Waals surface area contributed by atoms with Crippen LogP contribution in [0, 0.1) is 0 Å². The summed E-state index contributed by atoms with van der Waals surface area (Å²) in [7, 11) is 0. The number of esters is 1. The molecule has 0 aliphatic heterocycles. The van der Waals surface area contributed by atoms with Gasteiger partial charge in [0.2, 0.25) is 0 Å². The summed E-state index contributed by atoms with van der Waals surface area (Å²) >= 11 is 0. The first-order valence-electron chi connectivity index (χ1n) is 11.5. The zero-order valence-electron chi connectivity index (χ0n) is 22.5. The fraction of sp³-hybridized carbons (Fsp3) is 0.519. The van der Waals surface area contributed by atoms with E-state index in [0.29, 0.717) is 12.8 Å². The van der Waals surface area contributed by atoms with Crippen molar-refractivity contribution in [1.29, 1.82) is 0 Å². The minimum atomic E-state index is -0.146. The molecular formula is C27H44AlLiO5. The van der Waals surface area contributed by atoms with Gasteiger partial charge in [-0.2, -0.15) is 0 Å². The monoisotopic (exact) mass is 482 g/mol. The predicted octanol–water partition coefficient (Wildman–Crippen LogP) is 1.69. The fourth-order valence-electron chi connectivity index (χ4n) is 2.87. The van der Waals surface area contributed by atoms with Crippen molar-refractivity contribution in [3.63, 3.8) is 0 Å². The number of hydrogen-bond donors (Lipinski definition) is 1. The molecule has 0 aromatic heterocycles. The number of hydrogen-bond acceptors (Lipinski definition) is 5. The van der Waals surface area contributed by atoms with Gasteiger partial charge in [-0.1, -0.05) is 24.3 Å². The van der Waals surface area contributed by atoms with Crippen LogP contribution >= 0.6 is 0 Å². The van der Waals surface area contributed by atoms with Crippen LogP contribution < -0.4 is 28.3 Å². The molecule has 0 saturated carbocycles. The molecule has 0 radical (unpaired) electrons. The van der Waals surface area contributed by atoms with E-state index in [1.165, 1.54) is 5.56 Å². The first-order valence-corrected chi connectivity index (χ1v) is 11.5. The maximum absolute atomic E-state index is 11.4. The Labute approximate surface area is 230 Å². The number of aryl methyl sites for hydroxylation is 2. The molecule has 1 N–H and O–H groups in total. The van der Waals surface area contributed by atoms with E-state index in [2.05, 4.69) is 0 Å². The molecular weight excluding hydrogens is 438 g/mol. The van der Waals surface area contributed by atoms with Crippen LogP contribution in [0.2, 0.25) is 0 Å². The topological polar surface area (TPSA) is 65.0 Å². The molecule has 2 aromatic rings. The van der Waals surface area contributed by atoms with E-state index in [4.69, 9.17) is 19.3 Å². The number of benzene rings is 2. The maximum atomic E-state index is 11.4. The maximum Gasteiger partial charge on any atom is 1.00 e. The smallest absolute Gasteiger partial charge is 1.00 e. The molecule has 2 aromatic carbocycles. The van der Waals surface area contributed by atoms with Gasteiger partial charge in [-0.25, -0.2) is 0 Å². The third-order valence-electron chi connectivity index (χ3n) is 4.20. The fourth-order valence-corrected chi connectivity index (χ4v) is 2.87. The van der Waals surface area contributed by atoms with Gasteiger partial charge >= 0.3 is 24.8 Å². The van der Waals surface area contributed by atoms with E-state index in [-0.39, 0.29) is 68.5 Å². The Hall–Kier alpha value is -1.40. The largest absolute Gasteiger partial charge is 1.00 e. The first-order chi connectivity index (χ1) is 15.2. The summed E-state index contributed by atoms with van der Waals surface area (Å²) in [4.78, 5) is 11.4. The van der Waals surface area contributed by atoms with E-state index in [0.717, 1.165) is 29.9 Å². The van der Waals surface area contributed by atoms with Crippen molar-refractivity contribution in [2.75, 3.05) is 6.61 Å². The standard InChI is InChI=1S/C15H22O3.C12H18O2.Al.Li.4H/c1-11(2)17-14-8-5-13(6-9-14)7-10-15(16)18-12(3)4;1-10(2)14-12-7-5-11(6-8-12)4-3-9-13;;;;;;/h5-6,8-9,11-12H,7,10H2,1-4H3;5-8,10,13H,3-4,9H2,1-2H3;;;;;;/q;;;+1;;;;-1. The van der Waals surface area contributed by atoms with Crippen LogP contribution in [-0.4, -0.2) is 53.4 Å². The summed E-state index contributed by atoms with van der Waals surface area (Å²) in [5.41, 5.74) is 2.36. The Morgan fingerprint density at radius 3 is 1.53 bits per heavy atom. The molecule has 0 fully saturated rings. The number of aliphatic hydroxyl groups is 1. The van der Waals surface area contributed by atoms with Gasteiger partial charge in [0.1, 0.15) is 11.5 Å². The molecule has 0 bridgehead atoms. The van der Waals surface area contributed by atoms with Gasteiger partial charge in [0.05, 0.1) is 18.3 Å². The number of rotatable bonds is 11. The molecule has 0 heterocycles. The Morgan fingerprint density at radius 1 is 0.765 bits per heavy atom. The van der Waals surface area contributed by atoms with Crippen molar-refractivity contribution in [3.8, 4) is 11.5 Å². The second-order valence-corrected chi connectivity index (χ2v) is 8.49. The van der Waals surface area contributed by atoms with Crippen LogP contribution in [0.5, 0.6) is 11.5 Å².